The highest BCUT2D eigenvalue weighted by Gasteiger charge is 2.24. The molecule has 1 aromatic rings. The van der Waals surface area contributed by atoms with Gasteiger partial charge in [-0.05, 0) is 50.1 Å². The highest BCUT2D eigenvalue weighted by Crippen LogP contribution is 2.19. The maximum absolute atomic E-state index is 12.5. The van der Waals surface area contributed by atoms with Crippen LogP contribution in [0, 0.1) is 0 Å². The minimum absolute atomic E-state index is 0.00411. The van der Waals surface area contributed by atoms with E-state index in [-0.39, 0.29) is 6.04 Å². The molecule has 4 nitrogen and oxygen atoms in total. The Balaban J connectivity index is 2.86. The molecular formula is C14H24N2O2S2. The van der Waals surface area contributed by atoms with Crippen molar-refractivity contribution in [3.63, 3.8) is 0 Å². The van der Waals surface area contributed by atoms with Gasteiger partial charge in [-0.25, -0.2) is 8.42 Å². The fourth-order valence-corrected chi connectivity index (χ4v) is 3.83. The normalized spacial score (nSPS) is 13.7. The number of sulfonamides is 1. The molecule has 1 aromatic carbocycles. The van der Waals surface area contributed by atoms with Crippen molar-refractivity contribution in [3.8, 4) is 0 Å². The van der Waals surface area contributed by atoms with E-state index < -0.39 is 10.0 Å². The zero-order valence-electron chi connectivity index (χ0n) is 12.6. The second kappa shape index (κ2) is 8.02. The van der Waals surface area contributed by atoms with Gasteiger partial charge in [0.15, 0.2) is 0 Å². The fourth-order valence-electron chi connectivity index (χ4n) is 1.86. The molecule has 0 spiro atoms. The van der Waals surface area contributed by atoms with Crippen LogP contribution in [-0.2, 0) is 16.6 Å². The zero-order chi connectivity index (χ0) is 15.2. The third kappa shape index (κ3) is 4.48. The predicted octanol–water partition coefficient (Wildman–Crippen LogP) is 2.17. The Bertz CT molecular complexity index is 500. The van der Waals surface area contributed by atoms with E-state index in [1.807, 2.05) is 32.4 Å². The van der Waals surface area contributed by atoms with Crippen LogP contribution in [0.25, 0.3) is 0 Å². The molecule has 0 bridgehead atoms. The van der Waals surface area contributed by atoms with Crippen LogP contribution < -0.4 is 5.32 Å². The van der Waals surface area contributed by atoms with Gasteiger partial charge in [-0.15, -0.1) is 0 Å². The van der Waals surface area contributed by atoms with Crippen LogP contribution >= 0.6 is 11.8 Å². The summed E-state index contributed by atoms with van der Waals surface area (Å²) in [7, 11) is 0.125. The van der Waals surface area contributed by atoms with Gasteiger partial charge in [0.2, 0.25) is 10.0 Å². The topological polar surface area (TPSA) is 49.4 Å². The summed E-state index contributed by atoms with van der Waals surface area (Å²) in [4.78, 5) is 0.357. The molecule has 0 heterocycles. The molecule has 0 saturated carbocycles. The van der Waals surface area contributed by atoms with E-state index in [2.05, 4.69) is 5.32 Å². The Morgan fingerprint density at radius 2 is 1.90 bits per heavy atom. The van der Waals surface area contributed by atoms with Gasteiger partial charge in [0, 0.05) is 19.6 Å². The number of benzene rings is 1. The summed E-state index contributed by atoms with van der Waals surface area (Å²) in [6, 6.07) is 7.07. The molecule has 1 unspecified atom stereocenters. The fraction of sp³-hybridized carbons (Fsp3) is 0.571. The van der Waals surface area contributed by atoms with Gasteiger partial charge in [0.1, 0.15) is 0 Å². The largest absolute Gasteiger partial charge is 0.316 e. The van der Waals surface area contributed by atoms with E-state index in [9.17, 15) is 8.42 Å². The van der Waals surface area contributed by atoms with Crippen molar-refractivity contribution in [1.29, 1.82) is 0 Å². The average molecular weight is 316 g/mol. The van der Waals surface area contributed by atoms with E-state index in [1.54, 1.807) is 30.9 Å². The summed E-state index contributed by atoms with van der Waals surface area (Å²) in [6.07, 6.45) is 2.89. The van der Waals surface area contributed by atoms with Crippen LogP contribution in [0.15, 0.2) is 29.2 Å². The van der Waals surface area contributed by atoms with E-state index in [0.717, 1.165) is 24.3 Å². The standard InChI is InChI=1S/C14H24N2O2S2/c1-12(9-10-19-4)16(3)20(17,18)14-7-5-13(6-8-14)11-15-2/h5-8,12,15H,9-11H2,1-4H3. The lowest BCUT2D eigenvalue weighted by atomic mass is 10.2. The second-order valence-electron chi connectivity index (χ2n) is 4.83. The summed E-state index contributed by atoms with van der Waals surface area (Å²) in [6.45, 7) is 2.68. The summed E-state index contributed by atoms with van der Waals surface area (Å²) in [5.41, 5.74) is 1.07. The number of thioether (sulfide) groups is 1. The summed E-state index contributed by atoms with van der Waals surface area (Å²) in [5.74, 6) is 0.960. The van der Waals surface area contributed by atoms with Crippen LogP contribution in [0.3, 0.4) is 0 Å². The van der Waals surface area contributed by atoms with Crippen LogP contribution in [-0.4, -0.2) is 44.9 Å². The van der Waals surface area contributed by atoms with Crippen LogP contribution in [0.2, 0.25) is 0 Å². The highest BCUT2D eigenvalue weighted by molar-refractivity contribution is 7.98. The quantitative estimate of drug-likeness (QED) is 0.798. The van der Waals surface area contributed by atoms with Gasteiger partial charge in [0.25, 0.3) is 0 Å². The van der Waals surface area contributed by atoms with Crippen molar-refractivity contribution in [2.24, 2.45) is 0 Å². The summed E-state index contributed by atoms with van der Waals surface area (Å²) in [5, 5.41) is 3.04. The Hall–Kier alpha value is -0.560. The molecule has 1 N–H and O–H groups in total. The molecule has 1 atom stereocenters. The van der Waals surface area contributed by atoms with Gasteiger partial charge < -0.3 is 5.32 Å². The molecule has 0 aromatic heterocycles. The van der Waals surface area contributed by atoms with E-state index in [1.165, 1.54) is 4.31 Å². The van der Waals surface area contributed by atoms with Crippen molar-refractivity contribution in [3.05, 3.63) is 29.8 Å². The van der Waals surface area contributed by atoms with Gasteiger partial charge >= 0.3 is 0 Å². The van der Waals surface area contributed by atoms with Gasteiger partial charge in [0.05, 0.1) is 4.90 Å². The van der Waals surface area contributed by atoms with Crippen LogP contribution in [0.4, 0.5) is 0 Å². The monoisotopic (exact) mass is 316 g/mol. The SMILES string of the molecule is CNCc1ccc(S(=O)(=O)N(C)C(C)CCSC)cc1. The molecule has 0 aliphatic carbocycles. The van der Waals surface area contributed by atoms with E-state index in [0.29, 0.717) is 4.90 Å². The first kappa shape index (κ1) is 17.5. The van der Waals surface area contributed by atoms with Crippen LogP contribution in [0.5, 0.6) is 0 Å². The van der Waals surface area contributed by atoms with Crippen molar-refractivity contribution in [2.45, 2.75) is 30.8 Å². The minimum atomic E-state index is -3.40. The van der Waals surface area contributed by atoms with Gasteiger partial charge in [-0.2, -0.15) is 16.1 Å². The maximum Gasteiger partial charge on any atom is 0.243 e. The van der Waals surface area contributed by atoms with Crippen LogP contribution in [0.1, 0.15) is 18.9 Å². The highest BCUT2D eigenvalue weighted by atomic mass is 32.2. The molecule has 0 aliphatic rings. The van der Waals surface area contributed by atoms with Crippen molar-refractivity contribution >= 4 is 21.8 Å². The number of nitrogens with zero attached hydrogens (tertiary/aromatic N) is 1. The molecule has 0 amide bonds. The average Bonchev–Trinajstić information content (AvgIpc) is 2.44. The van der Waals surface area contributed by atoms with Gasteiger partial charge in [-0.1, -0.05) is 12.1 Å². The summed E-state index contributed by atoms with van der Waals surface area (Å²) < 4.78 is 26.5. The Morgan fingerprint density at radius 3 is 2.40 bits per heavy atom. The number of nitrogens with one attached hydrogen (secondary N) is 1. The number of hydrogen-bond acceptors (Lipinski definition) is 4. The van der Waals surface area contributed by atoms with E-state index in [4.69, 9.17) is 0 Å². The molecule has 0 aliphatic heterocycles. The predicted molar refractivity (Wildman–Crippen MR) is 86.6 cm³/mol. The lowest BCUT2D eigenvalue weighted by Gasteiger charge is -2.24. The molecule has 6 heteroatoms. The molecular weight excluding hydrogens is 292 g/mol. The molecule has 20 heavy (non-hydrogen) atoms. The van der Waals surface area contributed by atoms with Crippen molar-refractivity contribution in [1.82, 2.24) is 9.62 Å². The maximum atomic E-state index is 12.5. The lowest BCUT2D eigenvalue weighted by molar-refractivity contribution is 0.382. The Morgan fingerprint density at radius 1 is 1.30 bits per heavy atom. The third-order valence-corrected chi connectivity index (χ3v) is 5.97. The second-order valence-corrected chi connectivity index (χ2v) is 7.81. The number of rotatable bonds is 8. The molecule has 114 valence electrons. The summed E-state index contributed by atoms with van der Waals surface area (Å²) >= 11 is 1.73. The van der Waals surface area contributed by atoms with Crippen molar-refractivity contribution < 1.29 is 8.42 Å². The Labute approximate surface area is 127 Å². The third-order valence-electron chi connectivity index (χ3n) is 3.34. The van der Waals surface area contributed by atoms with Crippen molar-refractivity contribution in [2.75, 3.05) is 26.1 Å². The first-order valence-electron chi connectivity index (χ1n) is 6.64. The Kier molecular flexibility index (Phi) is 7.02. The smallest absolute Gasteiger partial charge is 0.243 e. The number of hydrogen-bond donors (Lipinski definition) is 1. The first-order chi connectivity index (χ1) is 9.43. The van der Waals surface area contributed by atoms with Gasteiger partial charge in [-0.3, -0.25) is 0 Å². The minimum Gasteiger partial charge on any atom is -0.316 e. The first-order valence-corrected chi connectivity index (χ1v) is 9.47. The molecule has 0 fully saturated rings. The van der Waals surface area contributed by atoms with E-state index >= 15 is 0 Å². The molecule has 0 radical (unpaired) electrons. The molecule has 0 saturated heterocycles. The lowest BCUT2D eigenvalue weighted by Crippen LogP contribution is -2.35. The molecule has 1 rings (SSSR count). The zero-order valence-corrected chi connectivity index (χ0v) is 14.2.